The van der Waals surface area contributed by atoms with Crippen molar-refractivity contribution in [3.05, 3.63) is 82.2 Å². The minimum atomic E-state index is -0.631. The number of carbonyl (C=O) groups excluding carboxylic acids is 1. The third kappa shape index (κ3) is 4.13. The summed E-state index contributed by atoms with van der Waals surface area (Å²) in [6, 6.07) is 17.3. The maximum atomic E-state index is 12.8. The van der Waals surface area contributed by atoms with E-state index in [9.17, 15) is 9.59 Å². The number of rotatable bonds is 6. The van der Waals surface area contributed by atoms with E-state index in [2.05, 4.69) is 0 Å². The number of hydrogen-bond acceptors (Lipinski definition) is 7. The van der Waals surface area contributed by atoms with Crippen molar-refractivity contribution < 1.29 is 28.2 Å². The average molecular weight is 446 g/mol. The molecular formula is C26H22O7. The van der Waals surface area contributed by atoms with Crippen molar-refractivity contribution in [2.75, 3.05) is 21.3 Å². The zero-order valence-corrected chi connectivity index (χ0v) is 18.6. The number of carbonyl (C=O) groups is 1. The average Bonchev–Trinajstić information content (AvgIpc) is 2.83. The number of esters is 1. The van der Waals surface area contributed by atoms with Crippen LogP contribution < -0.4 is 24.6 Å². The van der Waals surface area contributed by atoms with Crippen LogP contribution in [-0.4, -0.2) is 27.3 Å². The van der Waals surface area contributed by atoms with E-state index in [0.29, 0.717) is 28.4 Å². The Morgan fingerprint density at radius 3 is 2.12 bits per heavy atom. The Kier molecular flexibility index (Phi) is 6.04. The van der Waals surface area contributed by atoms with Crippen molar-refractivity contribution in [1.82, 2.24) is 0 Å². The molecule has 7 nitrogen and oxygen atoms in total. The molecule has 0 atom stereocenters. The monoisotopic (exact) mass is 446 g/mol. The highest BCUT2D eigenvalue weighted by molar-refractivity contribution is 5.94. The van der Waals surface area contributed by atoms with Crippen molar-refractivity contribution in [2.24, 2.45) is 0 Å². The van der Waals surface area contributed by atoms with Gasteiger partial charge in [-0.15, -0.1) is 0 Å². The molecule has 7 heteroatoms. The first kappa shape index (κ1) is 22.0. The molecule has 0 radical (unpaired) electrons. The SMILES string of the molecule is COc1cc(C(=O)Oc2ccc3c(C)c(-c4ccccc4)c(=O)oc3c2)cc(OC)c1OC. The second-order valence-electron chi connectivity index (χ2n) is 7.22. The molecule has 1 aromatic heterocycles. The fraction of sp³-hybridized carbons (Fsp3) is 0.154. The van der Waals surface area contributed by atoms with Gasteiger partial charge in [-0.2, -0.15) is 0 Å². The van der Waals surface area contributed by atoms with Gasteiger partial charge in [0.2, 0.25) is 5.75 Å². The Balaban J connectivity index is 1.69. The lowest BCUT2D eigenvalue weighted by atomic mass is 10.00. The largest absolute Gasteiger partial charge is 0.493 e. The molecule has 168 valence electrons. The van der Waals surface area contributed by atoms with Crippen molar-refractivity contribution >= 4 is 16.9 Å². The third-order valence-corrected chi connectivity index (χ3v) is 5.31. The molecule has 1 heterocycles. The fourth-order valence-corrected chi connectivity index (χ4v) is 3.70. The normalized spacial score (nSPS) is 10.7. The Morgan fingerprint density at radius 1 is 0.848 bits per heavy atom. The molecule has 0 amide bonds. The minimum absolute atomic E-state index is 0.210. The molecule has 4 rings (SSSR count). The van der Waals surface area contributed by atoms with Gasteiger partial charge in [0.25, 0.3) is 0 Å². The molecule has 0 unspecified atom stereocenters. The summed E-state index contributed by atoms with van der Waals surface area (Å²) in [4.78, 5) is 25.5. The maximum absolute atomic E-state index is 12.8. The lowest BCUT2D eigenvalue weighted by Gasteiger charge is -2.14. The smallest absolute Gasteiger partial charge is 0.344 e. The summed E-state index contributed by atoms with van der Waals surface area (Å²) in [7, 11) is 4.40. The van der Waals surface area contributed by atoms with Gasteiger partial charge in [0, 0.05) is 11.5 Å². The first-order valence-corrected chi connectivity index (χ1v) is 10.1. The summed E-state index contributed by atoms with van der Waals surface area (Å²) in [6.07, 6.45) is 0. The molecule has 0 aliphatic rings. The zero-order chi connectivity index (χ0) is 23.5. The second-order valence-corrected chi connectivity index (χ2v) is 7.22. The van der Waals surface area contributed by atoms with Gasteiger partial charge in [0.15, 0.2) is 11.5 Å². The maximum Gasteiger partial charge on any atom is 0.344 e. The number of methoxy groups -OCH3 is 3. The van der Waals surface area contributed by atoms with Crippen LogP contribution in [0.2, 0.25) is 0 Å². The highest BCUT2D eigenvalue weighted by Crippen LogP contribution is 2.38. The van der Waals surface area contributed by atoms with Crippen LogP contribution in [-0.2, 0) is 0 Å². The van der Waals surface area contributed by atoms with Crippen LogP contribution >= 0.6 is 0 Å². The highest BCUT2D eigenvalue weighted by Gasteiger charge is 2.19. The van der Waals surface area contributed by atoms with Crippen molar-refractivity contribution in [3.8, 4) is 34.1 Å². The molecular weight excluding hydrogens is 424 g/mol. The first-order valence-electron chi connectivity index (χ1n) is 10.1. The van der Waals surface area contributed by atoms with E-state index >= 15 is 0 Å². The molecule has 0 N–H and O–H groups in total. The van der Waals surface area contributed by atoms with Gasteiger partial charge < -0.3 is 23.4 Å². The quantitative estimate of drug-likeness (QED) is 0.234. The van der Waals surface area contributed by atoms with Gasteiger partial charge in [0.05, 0.1) is 32.5 Å². The van der Waals surface area contributed by atoms with Crippen molar-refractivity contribution in [2.45, 2.75) is 6.92 Å². The Labute approximate surface area is 190 Å². The van der Waals surface area contributed by atoms with Crippen LogP contribution in [0, 0.1) is 6.92 Å². The van der Waals surface area contributed by atoms with Crippen LogP contribution in [0.1, 0.15) is 15.9 Å². The summed E-state index contributed by atoms with van der Waals surface area (Å²) < 4.78 is 26.9. The molecule has 33 heavy (non-hydrogen) atoms. The Bertz CT molecular complexity index is 1360. The van der Waals surface area contributed by atoms with E-state index in [1.165, 1.54) is 39.5 Å². The number of fused-ring (bicyclic) bond motifs is 1. The van der Waals surface area contributed by atoms with Crippen LogP contribution in [0.5, 0.6) is 23.0 Å². The summed E-state index contributed by atoms with van der Waals surface area (Å²) in [5.41, 5.74) is 2.15. The molecule has 0 spiro atoms. The van der Waals surface area contributed by atoms with Gasteiger partial charge in [-0.25, -0.2) is 9.59 Å². The van der Waals surface area contributed by atoms with Crippen LogP contribution in [0.4, 0.5) is 0 Å². The fourth-order valence-electron chi connectivity index (χ4n) is 3.70. The number of hydrogen-bond donors (Lipinski definition) is 0. The molecule has 3 aromatic carbocycles. The van der Waals surface area contributed by atoms with Gasteiger partial charge in [0.1, 0.15) is 11.3 Å². The van der Waals surface area contributed by atoms with E-state index in [1.54, 1.807) is 12.1 Å². The van der Waals surface area contributed by atoms with Gasteiger partial charge in [-0.05, 0) is 42.3 Å². The first-order chi connectivity index (χ1) is 16.0. The Morgan fingerprint density at radius 2 is 1.52 bits per heavy atom. The van der Waals surface area contributed by atoms with Gasteiger partial charge in [-0.1, -0.05) is 30.3 Å². The van der Waals surface area contributed by atoms with Gasteiger partial charge in [-0.3, -0.25) is 0 Å². The molecule has 0 saturated carbocycles. The van der Waals surface area contributed by atoms with E-state index < -0.39 is 11.6 Å². The van der Waals surface area contributed by atoms with Crippen LogP contribution in [0.25, 0.3) is 22.1 Å². The van der Waals surface area contributed by atoms with Gasteiger partial charge >= 0.3 is 11.6 Å². The predicted octanol–water partition coefficient (Wildman–Crippen LogP) is 5.01. The van der Waals surface area contributed by atoms with E-state index in [4.69, 9.17) is 23.4 Å². The molecule has 0 saturated heterocycles. The lowest BCUT2D eigenvalue weighted by Crippen LogP contribution is -2.10. The standard InChI is InChI=1S/C26H22O7/c1-15-19-11-10-18(14-20(19)33-26(28)23(15)16-8-6-5-7-9-16)32-25(27)17-12-21(29-2)24(31-4)22(13-17)30-3/h5-14H,1-4H3. The van der Waals surface area contributed by atoms with E-state index in [1.807, 2.05) is 37.3 Å². The highest BCUT2D eigenvalue weighted by atomic mass is 16.5. The lowest BCUT2D eigenvalue weighted by molar-refractivity contribution is 0.0734. The van der Waals surface area contributed by atoms with Crippen molar-refractivity contribution in [1.29, 1.82) is 0 Å². The minimum Gasteiger partial charge on any atom is -0.493 e. The molecule has 4 aromatic rings. The number of aryl methyl sites for hydroxylation is 1. The molecule has 0 bridgehead atoms. The van der Waals surface area contributed by atoms with Crippen LogP contribution in [0.3, 0.4) is 0 Å². The van der Waals surface area contributed by atoms with E-state index in [0.717, 1.165) is 16.5 Å². The molecule has 0 aliphatic carbocycles. The van der Waals surface area contributed by atoms with E-state index in [-0.39, 0.29) is 11.3 Å². The summed E-state index contributed by atoms with van der Waals surface area (Å²) in [5.74, 6) is 0.633. The summed E-state index contributed by atoms with van der Waals surface area (Å²) in [5, 5.41) is 0.751. The number of benzene rings is 3. The zero-order valence-electron chi connectivity index (χ0n) is 18.6. The van der Waals surface area contributed by atoms with Crippen molar-refractivity contribution in [3.63, 3.8) is 0 Å². The third-order valence-electron chi connectivity index (χ3n) is 5.31. The predicted molar refractivity (Wildman–Crippen MR) is 124 cm³/mol. The topological polar surface area (TPSA) is 84.2 Å². The molecule has 0 aliphatic heterocycles. The number of ether oxygens (including phenoxy) is 4. The summed E-state index contributed by atoms with van der Waals surface area (Å²) >= 11 is 0. The second kappa shape index (κ2) is 9.08. The van der Waals surface area contributed by atoms with Crippen LogP contribution in [0.15, 0.2) is 69.9 Å². The Hall–Kier alpha value is -4.26. The summed E-state index contributed by atoms with van der Waals surface area (Å²) in [6.45, 7) is 1.86. The molecule has 0 fully saturated rings.